The van der Waals surface area contributed by atoms with E-state index in [1.165, 1.54) is 0 Å². The zero-order valence-electron chi connectivity index (χ0n) is 4.78. The minimum Gasteiger partial charge on any atom is -0.329 e. The average molecular weight is 155 g/mol. The molecule has 0 aromatic carbocycles. The Bertz CT molecular complexity index is 140. The smallest absolute Gasteiger partial charge is 0.266 e. The van der Waals surface area contributed by atoms with Crippen LogP contribution in [0.2, 0.25) is 0 Å². The summed E-state index contributed by atoms with van der Waals surface area (Å²) >= 11 is 0. The Morgan fingerprint density at radius 3 is 1.78 bits per heavy atom. The molecule has 56 valence electrons. The molecule has 0 rings (SSSR count). The highest BCUT2D eigenvalue weighted by atomic mass is 32.2. The molecular weight excluding hydrogens is 146 g/mol. The van der Waals surface area contributed by atoms with Gasteiger partial charge in [-0.25, -0.2) is 0 Å². The molecule has 0 saturated carbocycles. The topological polar surface area (TPSA) is 97.5 Å². The van der Waals surface area contributed by atoms with Crippen molar-refractivity contribution in [3.8, 4) is 0 Å². The van der Waals surface area contributed by atoms with Crippen LogP contribution in [0.25, 0.3) is 0 Å². The van der Waals surface area contributed by atoms with Gasteiger partial charge in [0, 0.05) is 6.54 Å². The maximum absolute atomic E-state index is 9.71. The van der Waals surface area contributed by atoms with E-state index in [1.54, 1.807) is 0 Å². The molecule has 0 aliphatic rings. The molecule has 0 aliphatic carbocycles. The van der Waals surface area contributed by atoms with Crippen LogP contribution in [0, 0.1) is 0 Å². The lowest BCUT2D eigenvalue weighted by atomic mass is 10.8. The molecule has 0 radical (unpaired) electrons. The van der Waals surface area contributed by atoms with E-state index in [4.69, 9.17) is 15.1 Å². The van der Waals surface area contributed by atoms with Crippen molar-refractivity contribution in [1.29, 1.82) is 0 Å². The molecule has 0 heterocycles. The number of carbonyl (C=O) groups is 1. The second-order valence-corrected chi connectivity index (χ2v) is 2.65. The first-order chi connectivity index (χ1) is 4.06. The van der Waals surface area contributed by atoms with Crippen LogP contribution in [-0.4, -0.2) is 32.1 Å². The molecule has 0 spiro atoms. The van der Waals surface area contributed by atoms with Crippen LogP contribution in [0.5, 0.6) is 0 Å². The van der Waals surface area contributed by atoms with Gasteiger partial charge in [-0.2, -0.15) is 8.42 Å². The molecule has 0 amide bonds. The SMILES string of the molecule is C=O.NCCS(=O)(=O)O. The van der Waals surface area contributed by atoms with Crippen molar-refractivity contribution in [2.24, 2.45) is 5.73 Å². The summed E-state index contributed by atoms with van der Waals surface area (Å²) in [5, 5.41) is 0. The Kier molecular flexibility index (Phi) is 7.15. The van der Waals surface area contributed by atoms with E-state index in [-0.39, 0.29) is 12.3 Å². The summed E-state index contributed by atoms with van der Waals surface area (Å²) in [6.45, 7) is 1.97. The molecule has 0 aromatic rings. The zero-order chi connectivity index (χ0) is 7.91. The molecular formula is C3H9NO4S. The summed E-state index contributed by atoms with van der Waals surface area (Å²) in [6.07, 6.45) is 0. The fraction of sp³-hybridized carbons (Fsp3) is 0.667. The highest BCUT2D eigenvalue weighted by molar-refractivity contribution is 7.85. The van der Waals surface area contributed by atoms with Crippen molar-refractivity contribution in [2.75, 3.05) is 12.3 Å². The van der Waals surface area contributed by atoms with Gasteiger partial charge in [0.2, 0.25) is 0 Å². The minimum atomic E-state index is -3.80. The van der Waals surface area contributed by atoms with Gasteiger partial charge in [0.25, 0.3) is 10.1 Å². The lowest BCUT2D eigenvalue weighted by Crippen LogP contribution is -2.13. The molecule has 0 aromatic heterocycles. The van der Waals surface area contributed by atoms with Crippen molar-refractivity contribution in [1.82, 2.24) is 0 Å². The van der Waals surface area contributed by atoms with Crippen molar-refractivity contribution in [3.05, 3.63) is 0 Å². The number of nitrogens with two attached hydrogens (primary N) is 1. The van der Waals surface area contributed by atoms with E-state index in [0.29, 0.717) is 0 Å². The summed E-state index contributed by atoms with van der Waals surface area (Å²) in [5.41, 5.74) is 4.78. The lowest BCUT2D eigenvalue weighted by Gasteiger charge is -1.86. The Labute approximate surface area is 53.6 Å². The fourth-order valence-corrected chi connectivity index (χ4v) is 0.447. The molecule has 6 heteroatoms. The van der Waals surface area contributed by atoms with Gasteiger partial charge in [-0.1, -0.05) is 0 Å². The van der Waals surface area contributed by atoms with Gasteiger partial charge in [-0.3, -0.25) is 4.55 Å². The molecule has 0 bridgehead atoms. The highest BCUT2D eigenvalue weighted by Gasteiger charge is 1.98. The van der Waals surface area contributed by atoms with Crippen LogP contribution in [0.1, 0.15) is 0 Å². The molecule has 9 heavy (non-hydrogen) atoms. The highest BCUT2D eigenvalue weighted by Crippen LogP contribution is 1.74. The van der Waals surface area contributed by atoms with Crippen LogP contribution in [0.3, 0.4) is 0 Å². The maximum Gasteiger partial charge on any atom is 0.266 e. The minimum absolute atomic E-state index is 0.0289. The fourth-order valence-electron chi connectivity index (χ4n) is 0.149. The van der Waals surface area contributed by atoms with Gasteiger partial charge in [0.15, 0.2) is 0 Å². The number of hydrogen-bond donors (Lipinski definition) is 2. The van der Waals surface area contributed by atoms with Gasteiger partial charge >= 0.3 is 0 Å². The number of hydrogen-bond acceptors (Lipinski definition) is 4. The normalized spacial score (nSPS) is 9.56. The van der Waals surface area contributed by atoms with E-state index in [9.17, 15) is 8.42 Å². The number of rotatable bonds is 2. The van der Waals surface area contributed by atoms with Gasteiger partial charge in [-0.15, -0.1) is 0 Å². The summed E-state index contributed by atoms with van der Waals surface area (Å²) < 4.78 is 27.3. The zero-order valence-corrected chi connectivity index (χ0v) is 5.60. The largest absolute Gasteiger partial charge is 0.329 e. The van der Waals surface area contributed by atoms with Gasteiger partial charge in [0.05, 0.1) is 5.75 Å². The van der Waals surface area contributed by atoms with Gasteiger partial charge < -0.3 is 10.5 Å². The van der Waals surface area contributed by atoms with Crippen LogP contribution in [0.15, 0.2) is 0 Å². The first-order valence-corrected chi connectivity index (χ1v) is 3.61. The third-order valence-electron chi connectivity index (χ3n) is 0.376. The monoisotopic (exact) mass is 155 g/mol. The van der Waals surface area contributed by atoms with Crippen molar-refractivity contribution < 1.29 is 17.8 Å². The Morgan fingerprint density at radius 1 is 1.44 bits per heavy atom. The van der Waals surface area contributed by atoms with Crippen LogP contribution in [-0.2, 0) is 14.9 Å². The maximum atomic E-state index is 9.71. The lowest BCUT2D eigenvalue weighted by molar-refractivity contribution is -0.0979. The average Bonchev–Trinajstić information content (AvgIpc) is 1.69. The predicted molar refractivity (Wildman–Crippen MR) is 32.6 cm³/mol. The molecule has 0 atom stereocenters. The molecule has 0 saturated heterocycles. The summed E-state index contributed by atoms with van der Waals surface area (Å²) in [4.78, 5) is 8.00. The molecule has 0 unspecified atom stereocenters. The Hall–Kier alpha value is -0.460. The van der Waals surface area contributed by atoms with E-state index in [2.05, 4.69) is 0 Å². The summed E-state index contributed by atoms with van der Waals surface area (Å²) in [5.74, 6) is -0.354. The molecule has 0 aliphatic heterocycles. The van der Waals surface area contributed by atoms with Gasteiger partial charge in [0.1, 0.15) is 6.79 Å². The van der Waals surface area contributed by atoms with Crippen LogP contribution in [0.4, 0.5) is 0 Å². The Balaban J connectivity index is 0. The number of carbonyl (C=O) groups excluding carboxylic acids is 1. The third-order valence-corrected chi connectivity index (χ3v) is 1.13. The van der Waals surface area contributed by atoms with Crippen LogP contribution >= 0.6 is 0 Å². The van der Waals surface area contributed by atoms with E-state index < -0.39 is 10.1 Å². The van der Waals surface area contributed by atoms with E-state index in [0.717, 1.165) is 0 Å². The molecule has 0 fully saturated rings. The van der Waals surface area contributed by atoms with E-state index in [1.807, 2.05) is 6.79 Å². The van der Waals surface area contributed by atoms with Crippen LogP contribution < -0.4 is 5.73 Å². The van der Waals surface area contributed by atoms with Crippen molar-refractivity contribution in [3.63, 3.8) is 0 Å². The first kappa shape index (κ1) is 11.4. The van der Waals surface area contributed by atoms with Crippen molar-refractivity contribution >= 4 is 16.9 Å². The van der Waals surface area contributed by atoms with Gasteiger partial charge in [-0.05, 0) is 0 Å². The molecule has 3 N–H and O–H groups in total. The quantitative estimate of drug-likeness (QED) is 0.480. The van der Waals surface area contributed by atoms with Crippen molar-refractivity contribution in [2.45, 2.75) is 0 Å². The summed E-state index contributed by atoms with van der Waals surface area (Å²) in [6, 6.07) is 0. The Morgan fingerprint density at radius 2 is 1.78 bits per heavy atom. The predicted octanol–water partition coefficient (Wildman–Crippen LogP) is -1.35. The second kappa shape index (κ2) is 5.67. The second-order valence-electron chi connectivity index (χ2n) is 1.07. The standard InChI is InChI=1S/C2H7NO3S.CH2O/c3-1-2-7(4,5)6;1-2/h1-3H2,(H,4,5,6);1H2. The summed E-state index contributed by atoms with van der Waals surface area (Å²) in [7, 11) is -3.80. The third kappa shape index (κ3) is 18.5. The molecule has 5 nitrogen and oxygen atoms in total. The first-order valence-electron chi connectivity index (χ1n) is 2.00. The van der Waals surface area contributed by atoms with E-state index >= 15 is 0 Å².